The summed E-state index contributed by atoms with van der Waals surface area (Å²) in [5.74, 6) is 0. The third kappa shape index (κ3) is 11.5. The second kappa shape index (κ2) is 7.85. The van der Waals surface area contributed by atoms with Crippen LogP contribution < -0.4 is 5.32 Å². The molecule has 1 N–H and O–H groups in total. The van der Waals surface area contributed by atoms with Crippen molar-refractivity contribution in [3.8, 4) is 0 Å². The molecule has 4 heteroatoms. The molecule has 0 aliphatic heterocycles. The maximum absolute atomic E-state index is 11.7. The van der Waals surface area contributed by atoms with E-state index in [1.54, 1.807) is 0 Å². The second-order valence-corrected chi connectivity index (χ2v) is 3.12. The predicted molar refractivity (Wildman–Crippen MR) is 52.2 cm³/mol. The van der Waals surface area contributed by atoms with Crippen LogP contribution in [-0.4, -0.2) is 19.3 Å². The number of alkyl halides is 3. The van der Waals surface area contributed by atoms with Crippen LogP contribution in [0.15, 0.2) is 12.2 Å². The lowest BCUT2D eigenvalue weighted by Gasteiger charge is -2.03. The number of nitrogens with one attached hydrogen (secondary N) is 1. The first-order valence-electron chi connectivity index (χ1n) is 4.98. The van der Waals surface area contributed by atoms with Crippen molar-refractivity contribution in [2.75, 3.05) is 13.1 Å². The molecule has 0 aliphatic rings. The zero-order valence-corrected chi connectivity index (χ0v) is 8.53. The van der Waals surface area contributed by atoms with E-state index in [1.165, 1.54) is 0 Å². The number of allylic oxidation sites excluding steroid dienone is 1. The molecule has 84 valence electrons. The van der Waals surface area contributed by atoms with Gasteiger partial charge in [-0.15, -0.1) is 0 Å². The van der Waals surface area contributed by atoms with Gasteiger partial charge in [-0.05, 0) is 32.4 Å². The van der Waals surface area contributed by atoms with Crippen LogP contribution in [0, 0.1) is 0 Å². The summed E-state index contributed by atoms with van der Waals surface area (Å²) >= 11 is 0. The van der Waals surface area contributed by atoms with E-state index in [1.807, 2.05) is 19.1 Å². The third-order valence-corrected chi connectivity index (χ3v) is 1.74. The summed E-state index contributed by atoms with van der Waals surface area (Å²) in [6.07, 6.45) is 0.678. The van der Waals surface area contributed by atoms with E-state index in [4.69, 9.17) is 0 Å². The Hall–Kier alpha value is -0.510. The van der Waals surface area contributed by atoms with Crippen molar-refractivity contribution in [2.24, 2.45) is 0 Å². The van der Waals surface area contributed by atoms with Crippen LogP contribution in [0.3, 0.4) is 0 Å². The highest BCUT2D eigenvalue weighted by atomic mass is 19.4. The SMILES string of the molecule is CCNCC/C=C/CCCC(F)(F)F. The van der Waals surface area contributed by atoms with Crippen molar-refractivity contribution in [3.05, 3.63) is 12.2 Å². The molecule has 0 aromatic carbocycles. The van der Waals surface area contributed by atoms with Crippen LogP contribution in [0.2, 0.25) is 0 Å². The lowest BCUT2D eigenvalue weighted by Crippen LogP contribution is -2.12. The van der Waals surface area contributed by atoms with Crippen LogP contribution in [0.1, 0.15) is 32.6 Å². The van der Waals surface area contributed by atoms with Crippen LogP contribution in [0.5, 0.6) is 0 Å². The van der Waals surface area contributed by atoms with Gasteiger partial charge < -0.3 is 5.32 Å². The maximum atomic E-state index is 11.7. The summed E-state index contributed by atoms with van der Waals surface area (Å²) in [4.78, 5) is 0. The van der Waals surface area contributed by atoms with Crippen molar-refractivity contribution in [1.82, 2.24) is 5.32 Å². The standard InChI is InChI=1S/C10H18F3N/c1-2-14-9-7-5-3-4-6-8-10(11,12)13/h3,5,14H,2,4,6-9H2,1H3/b5-3+. The fraction of sp³-hybridized carbons (Fsp3) is 0.800. The van der Waals surface area contributed by atoms with Gasteiger partial charge in [-0.25, -0.2) is 0 Å². The van der Waals surface area contributed by atoms with E-state index in [-0.39, 0.29) is 6.42 Å². The molecule has 0 amide bonds. The molecule has 0 radical (unpaired) electrons. The van der Waals surface area contributed by atoms with Crippen LogP contribution in [0.25, 0.3) is 0 Å². The smallest absolute Gasteiger partial charge is 0.317 e. The first-order valence-corrected chi connectivity index (χ1v) is 4.98. The van der Waals surface area contributed by atoms with Crippen molar-refractivity contribution < 1.29 is 13.2 Å². The highest BCUT2D eigenvalue weighted by Gasteiger charge is 2.25. The van der Waals surface area contributed by atoms with Crippen molar-refractivity contribution in [3.63, 3.8) is 0 Å². The van der Waals surface area contributed by atoms with Gasteiger partial charge in [0.05, 0.1) is 0 Å². The van der Waals surface area contributed by atoms with Gasteiger partial charge in [-0.3, -0.25) is 0 Å². The molecule has 0 saturated carbocycles. The highest BCUT2D eigenvalue weighted by molar-refractivity contribution is 4.82. The Morgan fingerprint density at radius 1 is 1.14 bits per heavy atom. The maximum Gasteiger partial charge on any atom is 0.389 e. The quantitative estimate of drug-likeness (QED) is 0.501. The van der Waals surface area contributed by atoms with Crippen molar-refractivity contribution in [1.29, 1.82) is 0 Å². The van der Waals surface area contributed by atoms with E-state index in [2.05, 4.69) is 5.32 Å². The monoisotopic (exact) mass is 209 g/mol. The van der Waals surface area contributed by atoms with Gasteiger partial charge in [0, 0.05) is 6.42 Å². The largest absolute Gasteiger partial charge is 0.389 e. The lowest BCUT2D eigenvalue weighted by atomic mass is 10.2. The normalized spacial score (nSPS) is 12.6. The molecule has 14 heavy (non-hydrogen) atoms. The Balaban J connectivity index is 3.19. The Labute approximate surface area is 83.4 Å². The van der Waals surface area contributed by atoms with Crippen LogP contribution in [0.4, 0.5) is 13.2 Å². The molecule has 1 nitrogen and oxygen atoms in total. The molecule has 0 aliphatic carbocycles. The van der Waals surface area contributed by atoms with Crippen molar-refractivity contribution >= 4 is 0 Å². The predicted octanol–water partition coefficient (Wildman–Crippen LogP) is 3.27. The molecule has 0 rings (SSSR count). The summed E-state index contributed by atoms with van der Waals surface area (Å²) < 4.78 is 35.1. The van der Waals surface area contributed by atoms with E-state index in [0.717, 1.165) is 19.5 Å². The number of halogens is 3. The summed E-state index contributed by atoms with van der Waals surface area (Å²) in [6, 6.07) is 0. The Bertz CT molecular complexity index is 152. The van der Waals surface area contributed by atoms with Crippen LogP contribution in [-0.2, 0) is 0 Å². The molecular formula is C10H18F3N. The topological polar surface area (TPSA) is 12.0 Å². The molecule has 0 unspecified atom stereocenters. The zero-order chi connectivity index (χ0) is 10.9. The molecule has 0 bridgehead atoms. The minimum absolute atomic E-state index is 0.196. The molecule has 0 aromatic heterocycles. The third-order valence-electron chi connectivity index (χ3n) is 1.74. The van der Waals surface area contributed by atoms with E-state index in [0.29, 0.717) is 6.42 Å². The fourth-order valence-corrected chi connectivity index (χ4v) is 1.02. The first-order chi connectivity index (χ1) is 6.56. The zero-order valence-electron chi connectivity index (χ0n) is 8.53. The molecule has 0 atom stereocenters. The molecule has 0 spiro atoms. The Morgan fingerprint density at radius 3 is 2.36 bits per heavy atom. The summed E-state index contributed by atoms with van der Waals surface area (Å²) in [5.41, 5.74) is 0. The van der Waals surface area contributed by atoms with E-state index in [9.17, 15) is 13.2 Å². The highest BCUT2D eigenvalue weighted by Crippen LogP contribution is 2.22. The Morgan fingerprint density at radius 2 is 1.79 bits per heavy atom. The van der Waals surface area contributed by atoms with Gasteiger partial charge in [0.25, 0.3) is 0 Å². The van der Waals surface area contributed by atoms with Gasteiger partial charge in [0.15, 0.2) is 0 Å². The second-order valence-electron chi connectivity index (χ2n) is 3.12. The van der Waals surface area contributed by atoms with E-state index < -0.39 is 12.6 Å². The Kier molecular flexibility index (Phi) is 7.57. The summed E-state index contributed by atoms with van der Waals surface area (Å²) in [7, 11) is 0. The summed E-state index contributed by atoms with van der Waals surface area (Å²) in [5, 5.41) is 3.13. The molecule has 0 fully saturated rings. The fourth-order valence-electron chi connectivity index (χ4n) is 1.02. The average Bonchev–Trinajstić information content (AvgIpc) is 2.08. The molecular weight excluding hydrogens is 191 g/mol. The molecule has 0 heterocycles. The minimum Gasteiger partial charge on any atom is -0.317 e. The average molecular weight is 209 g/mol. The molecule has 0 aromatic rings. The van der Waals surface area contributed by atoms with Gasteiger partial charge in [0.1, 0.15) is 0 Å². The summed E-state index contributed by atoms with van der Waals surface area (Å²) in [6.45, 7) is 3.85. The lowest BCUT2D eigenvalue weighted by molar-refractivity contribution is -0.135. The number of rotatable bonds is 7. The van der Waals surface area contributed by atoms with Gasteiger partial charge in [-0.1, -0.05) is 19.1 Å². The van der Waals surface area contributed by atoms with Gasteiger partial charge in [0.2, 0.25) is 0 Å². The van der Waals surface area contributed by atoms with Crippen LogP contribution >= 0.6 is 0 Å². The van der Waals surface area contributed by atoms with Crippen molar-refractivity contribution in [2.45, 2.75) is 38.8 Å². The minimum atomic E-state index is -4.00. The van der Waals surface area contributed by atoms with E-state index >= 15 is 0 Å². The first kappa shape index (κ1) is 13.5. The number of hydrogen-bond acceptors (Lipinski definition) is 1. The number of unbranched alkanes of at least 4 members (excludes halogenated alkanes) is 1. The number of hydrogen-bond donors (Lipinski definition) is 1. The van der Waals surface area contributed by atoms with Gasteiger partial charge in [-0.2, -0.15) is 13.2 Å². The van der Waals surface area contributed by atoms with Gasteiger partial charge >= 0.3 is 6.18 Å². The molecule has 0 saturated heterocycles.